The van der Waals surface area contributed by atoms with Crippen LogP contribution in [-0.4, -0.2) is 35.9 Å². The molecule has 0 bridgehead atoms. The maximum Gasteiger partial charge on any atom is 0.407 e. The molecule has 1 atom stereocenters. The van der Waals surface area contributed by atoms with Gasteiger partial charge in [-0.1, -0.05) is 12.1 Å². The largest absolute Gasteiger partial charge is 0.444 e. The molecule has 0 aromatic heterocycles. The van der Waals surface area contributed by atoms with E-state index in [1.807, 2.05) is 45.0 Å². The first-order valence-corrected chi connectivity index (χ1v) is 8.05. The molecule has 23 heavy (non-hydrogen) atoms. The van der Waals surface area contributed by atoms with E-state index in [0.717, 1.165) is 30.9 Å². The lowest BCUT2D eigenvalue weighted by Gasteiger charge is -2.23. The van der Waals surface area contributed by atoms with Gasteiger partial charge in [-0.3, -0.25) is 0 Å². The van der Waals surface area contributed by atoms with Crippen molar-refractivity contribution < 1.29 is 9.53 Å². The third-order valence-electron chi connectivity index (χ3n) is 3.41. The van der Waals surface area contributed by atoms with Crippen LogP contribution < -0.4 is 21.3 Å². The van der Waals surface area contributed by atoms with E-state index in [2.05, 4.69) is 15.5 Å². The molecular weight excluding hydrogens is 312 g/mol. The van der Waals surface area contributed by atoms with Gasteiger partial charge >= 0.3 is 6.09 Å². The Kier molecular flexibility index (Phi) is 5.30. The molecule has 0 radical (unpaired) electrons. The minimum atomic E-state index is -0.490. The predicted octanol–water partition coefficient (Wildman–Crippen LogP) is 2.45. The first-order chi connectivity index (χ1) is 10.7. The van der Waals surface area contributed by atoms with Crippen molar-refractivity contribution in [1.82, 2.24) is 5.32 Å². The van der Waals surface area contributed by atoms with Gasteiger partial charge in [0, 0.05) is 13.1 Å². The molecule has 126 valence electrons. The summed E-state index contributed by atoms with van der Waals surface area (Å²) in [6, 6.07) is 7.90. The van der Waals surface area contributed by atoms with E-state index >= 15 is 0 Å². The van der Waals surface area contributed by atoms with Gasteiger partial charge in [-0.2, -0.15) is 0 Å². The minimum Gasteiger partial charge on any atom is -0.444 e. The maximum atomic E-state index is 11.9. The van der Waals surface area contributed by atoms with Gasteiger partial charge < -0.3 is 26.0 Å². The molecule has 1 amide bonds. The molecule has 1 fully saturated rings. The number of amides is 1. The average molecular weight is 336 g/mol. The van der Waals surface area contributed by atoms with Crippen molar-refractivity contribution in [3.8, 4) is 0 Å². The Morgan fingerprint density at radius 1 is 1.39 bits per heavy atom. The number of hydrogen-bond acceptors (Lipinski definition) is 4. The molecule has 4 N–H and O–H groups in total. The second-order valence-corrected chi connectivity index (χ2v) is 7.02. The Bertz CT molecular complexity index is 586. The topological polar surface area (TPSA) is 79.6 Å². The smallest absolute Gasteiger partial charge is 0.407 e. The molecule has 1 unspecified atom stereocenters. The van der Waals surface area contributed by atoms with E-state index in [1.54, 1.807) is 0 Å². The fraction of sp³-hybridized carbons (Fsp3) is 0.500. The first-order valence-electron chi connectivity index (χ1n) is 7.64. The number of nitrogens with two attached hydrogens (primary N) is 1. The zero-order chi connectivity index (χ0) is 17.0. The number of carbonyl (C=O) groups is 1. The third-order valence-corrected chi connectivity index (χ3v) is 3.51. The Balaban J connectivity index is 1.98. The highest BCUT2D eigenvalue weighted by Gasteiger charge is 2.27. The maximum absolute atomic E-state index is 11.9. The van der Waals surface area contributed by atoms with E-state index in [-0.39, 0.29) is 17.2 Å². The minimum absolute atomic E-state index is 0.0581. The average Bonchev–Trinajstić information content (AvgIpc) is 2.84. The number of rotatable bonds is 3. The SMILES string of the molecule is CC(C)(C)OC(=O)NC1CCN(c2ccccc2NC(N)=S)C1. The van der Waals surface area contributed by atoms with Crippen LogP contribution in [0.3, 0.4) is 0 Å². The van der Waals surface area contributed by atoms with Gasteiger partial charge in [-0.25, -0.2) is 4.79 Å². The Labute approximate surface area is 142 Å². The summed E-state index contributed by atoms with van der Waals surface area (Å²) in [5.74, 6) is 0. The number of para-hydroxylation sites is 2. The summed E-state index contributed by atoms with van der Waals surface area (Å²) in [7, 11) is 0. The quantitative estimate of drug-likeness (QED) is 0.736. The van der Waals surface area contributed by atoms with Gasteiger partial charge in [0.05, 0.1) is 17.4 Å². The molecule has 6 nitrogen and oxygen atoms in total. The number of hydrogen-bond donors (Lipinski definition) is 3. The number of alkyl carbamates (subject to hydrolysis) is 1. The van der Waals surface area contributed by atoms with Crippen molar-refractivity contribution >= 4 is 34.8 Å². The number of nitrogens with one attached hydrogen (secondary N) is 2. The number of benzene rings is 1. The first kappa shape index (κ1) is 17.3. The second kappa shape index (κ2) is 7.04. The van der Waals surface area contributed by atoms with Crippen LogP contribution in [0.1, 0.15) is 27.2 Å². The number of ether oxygens (including phenoxy) is 1. The summed E-state index contributed by atoms with van der Waals surface area (Å²) in [5.41, 5.74) is 6.98. The Hall–Kier alpha value is -2.02. The summed E-state index contributed by atoms with van der Waals surface area (Å²) in [5, 5.41) is 6.15. The molecule has 2 rings (SSSR count). The molecular formula is C16H24N4O2S. The lowest BCUT2D eigenvalue weighted by Crippen LogP contribution is -2.40. The molecule has 1 aromatic carbocycles. The lowest BCUT2D eigenvalue weighted by molar-refractivity contribution is 0.0509. The molecule has 0 spiro atoms. The van der Waals surface area contributed by atoms with Crippen molar-refractivity contribution in [2.45, 2.75) is 38.8 Å². The van der Waals surface area contributed by atoms with Crippen molar-refractivity contribution in [2.24, 2.45) is 5.73 Å². The molecule has 1 heterocycles. The fourth-order valence-electron chi connectivity index (χ4n) is 2.56. The van der Waals surface area contributed by atoms with E-state index in [9.17, 15) is 4.79 Å². The van der Waals surface area contributed by atoms with Gasteiger partial charge in [0.2, 0.25) is 0 Å². The molecule has 1 aromatic rings. The van der Waals surface area contributed by atoms with Crippen molar-refractivity contribution in [2.75, 3.05) is 23.3 Å². The van der Waals surface area contributed by atoms with Crippen LogP contribution in [0.4, 0.5) is 16.2 Å². The monoisotopic (exact) mass is 336 g/mol. The molecule has 1 saturated heterocycles. The Morgan fingerprint density at radius 3 is 2.74 bits per heavy atom. The summed E-state index contributed by atoms with van der Waals surface area (Å²) < 4.78 is 5.30. The highest BCUT2D eigenvalue weighted by molar-refractivity contribution is 7.80. The van der Waals surface area contributed by atoms with Crippen LogP contribution in [-0.2, 0) is 4.74 Å². The van der Waals surface area contributed by atoms with Crippen LogP contribution in [0.25, 0.3) is 0 Å². The summed E-state index contributed by atoms with van der Waals surface area (Å²) >= 11 is 4.92. The van der Waals surface area contributed by atoms with Gasteiger partial charge in [0.25, 0.3) is 0 Å². The van der Waals surface area contributed by atoms with Crippen molar-refractivity contribution in [1.29, 1.82) is 0 Å². The van der Waals surface area contributed by atoms with Crippen molar-refractivity contribution in [3.63, 3.8) is 0 Å². The van der Waals surface area contributed by atoms with E-state index in [0.29, 0.717) is 0 Å². The number of carbonyl (C=O) groups excluding carboxylic acids is 1. The second-order valence-electron chi connectivity index (χ2n) is 6.58. The van der Waals surface area contributed by atoms with Gasteiger partial charge in [0.1, 0.15) is 5.60 Å². The molecule has 1 aliphatic rings. The van der Waals surface area contributed by atoms with Gasteiger partial charge in [-0.05, 0) is 51.5 Å². The van der Waals surface area contributed by atoms with Crippen molar-refractivity contribution in [3.05, 3.63) is 24.3 Å². The standard InChI is InChI=1S/C16H24N4O2S/c1-16(2,3)22-15(21)18-11-8-9-20(10-11)13-7-5-4-6-12(13)19-14(17)23/h4-7,11H,8-10H2,1-3H3,(H,18,21)(H3,17,19,23). The zero-order valence-electron chi connectivity index (χ0n) is 13.8. The highest BCUT2D eigenvalue weighted by atomic mass is 32.1. The summed E-state index contributed by atoms with van der Waals surface area (Å²) in [6.07, 6.45) is 0.486. The predicted molar refractivity (Wildman–Crippen MR) is 96.8 cm³/mol. The highest BCUT2D eigenvalue weighted by Crippen LogP contribution is 2.28. The van der Waals surface area contributed by atoms with E-state index in [1.165, 1.54) is 0 Å². The van der Waals surface area contributed by atoms with Crippen LogP contribution in [0, 0.1) is 0 Å². The number of anilines is 2. The molecule has 0 saturated carbocycles. The summed E-state index contributed by atoms with van der Waals surface area (Å²) in [4.78, 5) is 14.1. The Morgan fingerprint density at radius 2 is 2.09 bits per heavy atom. The fourth-order valence-corrected chi connectivity index (χ4v) is 2.67. The van der Waals surface area contributed by atoms with E-state index in [4.69, 9.17) is 22.7 Å². The van der Waals surface area contributed by atoms with Gasteiger partial charge in [0.15, 0.2) is 5.11 Å². The normalized spacial score (nSPS) is 17.7. The zero-order valence-corrected chi connectivity index (χ0v) is 14.6. The summed E-state index contributed by atoms with van der Waals surface area (Å²) in [6.45, 7) is 7.12. The molecule has 7 heteroatoms. The van der Waals surface area contributed by atoms with Crippen LogP contribution in [0.15, 0.2) is 24.3 Å². The number of thiocarbonyl (C=S) groups is 1. The third kappa shape index (κ3) is 5.28. The lowest BCUT2D eigenvalue weighted by atomic mass is 10.2. The molecule has 1 aliphatic heterocycles. The van der Waals surface area contributed by atoms with Gasteiger partial charge in [-0.15, -0.1) is 0 Å². The van der Waals surface area contributed by atoms with E-state index < -0.39 is 5.60 Å². The molecule has 0 aliphatic carbocycles. The van der Waals surface area contributed by atoms with Crippen LogP contribution in [0.2, 0.25) is 0 Å². The number of nitrogens with zero attached hydrogens (tertiary/aromatic N) is 1. The van der Waals surface area contributed by atoms with Crippen LogP contribution in [0.5, 0.6) is 0 Å². The van der Waals surface area contributed by atoms with Crippen LogP contribution >= 0.6 is 12.2 Å².